The molecule has 2 unspecified atom stereocenters. The molecule has 1 saturated heterocycles. The molecule has 7 nitrogen and oxygen atoms in total. The van der Waals surface area contributed by atoms with Gasteiger partial charge in [0.1, 0.15) is 5.60 Å². The summed E-state index contributed by atoms with van der Waals surface area (Å²) in [7, 11) is 1.74. The lowest BCUT2D eigenvalue weighted by molar-refractivity contribution is -0.0265. The first-order valence-corrected chi connectivity index (χ1v) is 10.4. The largest absolute Gasteiger partial charge is 0.444 e. The number of carbonyl (C=O) groups is 1. The number of carbonyl (C=O) groups excluding carboxylic acids is 1. The van der Waals surface area contributed by atoms with E-state index in [0.717, 1.165) is 26.0 Å². The van der Waals surface area contributed by atoms with Gasteiger partial charge in [-0.05, 0) is 46.1 Å². The van der Waals surface area contributed by atoms with Gasteiger partial charge in [0, 0.05) is 39.2 Å². The molecule has 2 rings (SSSR count). The Hall–Kier alpha value is -1.55. The van der Waals surface area contributed by atoms with Crippen LogP contribution in [0.2, 0.25) is 0 Å². The van der Waals surface area contributed by atoms with Crippen molar-refractivity contribution in [3.63, 3.8) is 0 Å². The molecule has 2 atom stereocenters. The number of aryl methyl sites for hydroxylation is 1. The summed E-state index contributed by atoms with van der Waals surface area (Å²) in [5.74, 6) is 1.09. The predicted molar refractivity (Wildman–Crippen MR) is 132 cm³/mol. The van der Waals surface area contributed by atoms with E-state index in [1.54, 1.807) is 7.05 Å². The molecule has 0 saturated carbocycles. The highest BCUT2D eigenvalue weighted by molar-refractivity contribution is 14.0. The second kappa shape index (κ2) is 13.0. The average molecular weight is 532 g/mol. The van der Waals surface area contributed by atoms with Crippen molar-refractivity contribution in [2.24, 2.45) is 10.9 Å². The molecule has 0 spiro atoms. The Bertz CT molecular complexity index is 674. The first kappa shape index (κ1) is 26.5. The SMILES string of the molecule is CN=C(NCCNC(=O)OC(C)(C)C)NCC1CCCOC1c1ccc(C)cc1.I. The Balaban J connectivity index is 0.00000450. The fraction of sp³-hybridized carbons (Fsp3) is 0.636. The number of amides is 1. The first-order chi connectivity index (χ1) is 13.8. The lowest BCUT2D eigenvalue weighted by Crippen LogP contribution is -2.44. The Morgan fingerprint density at radius 1 is 1.17 bits per heavy atom. The van der Waals surface area contributed by atoms with Crippen molar-refractivity contribution < 1.29 is 14.3 Å². The molecule has 1 aromatic rings. The zero-order chi connectivity index (χ0) is 21.3. The minimum Gasteiger partial charge on any atom is -0.444 e. The monoisotopic (exact) mass is 532 g/mol. The van der Waals surface area contributed by atoms with Crippen LogP contribution < -0.4 is 16.0 Å². The van der Waals surface area contributed by atoms with Crippen LogP contribution >= 0.6 is 24.0 Å². The van der Waals surface area contributed by atoms with Crippen molar-refractivity contribution >= 4 is 36.0 Å². The summed E-state index contributed by atoms with van der Waals surface area (Å²) in [6, 6.07) is 8.59. The van der Waals surface area contributed by atoms with E-state index in [2.05, 4.69) is 52.1 Å². The van der Waals surface area contributed by atoms with Gasteiger partial charge in [-0.2, -0.15) is 0 Å². The maximum atomic E-state index is 11.7. The zero-order valence-corrected chi connectivity index (χ0v) is 21.1. The molecule has 1 fully saturated rings. The van der Waals surface area contributed by atoms with Crippen molar-refractivity contribution in [1.82, 2.24) is 16.0 Å². The number of halogens is 1. The van der Waals surface area contributed by atoms with Crippen LogP contribution in [0.1, 0.15) is 50.8 Å². The zero-order valence-electron chi connectivity index (χ0n) is 18.8. The van der Waals surface area contributed by atoms with Crippen LogP contribution in [-0.2, 0) is 9.47 Å². The van der Waals surface area contributed by atoms with Crippen molar-refractivity contribution in [3.8, 4) is 0 Å². The Kier molecular flexibility index (Phi) is 11.5. The van der Waals surface area contributed by atoms with Crippen molar-refractivity contribution in [3.05, 3.63) is 35.4 Å². The summed E-state index contributed by atoms with van der Waals surface area (Å²) in [4.78, 5) is 15.9. The number of guanidine groups is 1. The maximum Gasteiger partial charge on any atom is 0.407 e. The van der Waals surface area contributed by atoms with Crippen molar-refractivity contribution in [2.45, 2.75) is 52.2 Å². The van der Waals surface area contributed by atoms with Gasteiger partial charge in [0.2, 0.25) is 0 Å². The van der Waals surface area contributed by atoms with Gasteiger partial charge in [-0.25, -0.2) is 4.79 Å². The van der Waals surface area contributed by atoms with Crippen LogP contribution in [0.4, 0.5) is 4.79 Å². The normalized spacial score (nSPS) is 19.4. The molecule has 0 aliphatic carbocycles. The molecule has 1 heterocycles. The summed E-state index contributed by atoms with van der Waals surface area (Å²) in [6.07, 6.45) is 1.87. The third kappa shape index (κ3) is 9.51. The topological polar surface area (TPSA) is 84.0 Å². The van der Waals surface area contributed by atoms with Crippen LogP contribution in [0.15, 0.2) is 29.3 Å². The van der Waals surface area contributed by atoms with E-state index in [4.69, 9.17) is 9.47 Å². The highest BCUT2D eigenvalue weighted by Gasteiger charge is 2.27. The van der Waals surface area contributed by atoms with Gasteiger partial charge >= 0.3 is 6.09 Å². The standard InChI is InChI=1S/C22H36N4O3.HI/c1-16-8-10-17(11-9-16)19-18(7-6-14-28-19)15-26-20(23-5)24-12-13-25-21(27)29-22(2,3)4;/h8-11,18-19H,6-7,12-15H2,1-5H3,(H,25,27)(H2,23,24,26);1H. The summed E-state index contributed by atoms with van der Waals surface area (Å²) in [5, 5.41) is 9.34. The second-order valence-electron chi connectivity index (χ2n) is 8.41. The highest BCUT2D eigenvalue weighted by atomic mass is 127. The quantitative estimate of drug-likeness (QED) is 0.225. The molecule has 1 amide bonds. The van der Waals surface area contributed by atoms with Crippen LogP contribution in [-0.4, -0.2) is 50.9 Å². The van der Waals surface area contributed by atoms with Gasteiger partial charge in [0.15, 0.2) is 5.96 Å². The molecule has 8 heteroatoms. The summed E-state index contributed by atoms with van der Waals surface area (Å²) in [5.41, 5.74) is 1.99. The van der Waals surface area contributed by atoms with E-state index in [9.17, 15) is 4.79 Å². The second-order valence-corrected chi connectivity index (χ2v) is 8.41. The minimum absolute atomic E-state index is 0. The molecular formula is C22H37IN4O3. The van der Waals surface area contributed by atoms with Gasteiger partial charge in [-0.1, -0.05) is 29.8 Å². The number of alkyl carbamates (subject to hydrolysis) is 1. The lowest BCUT2D eigenvalue weighted by Gasteiger charge is -2.32. The maximum absolute atomic E-state index is 11.7. The minimum atomic E-state index is -0.495. The van der Waals surface area contributed by atoms with E-state index in [-0.39, 0.29) is 30.1 Å². The van der Waals surface area contributed by atoms with Gasteiger partial charge in [-0.15, -0.1) is 24.0 Å². The van der Waals surface area contributed by atoms with Gasteiger partial charge in [0.25, 0.3) is 0 Å². The molecular weight excluding hydrogens is 495 g/mol. The molecule has 0 bridgehead atoms. The fourth-order valence-corrected chi connectivity index (χ4v) is 3.28. The van der Waals surface area contributed by atoms with E-state index in [1.807, 2.05) is 20.8 Å². The Morgan fingerprint density at radius 3 is 2.47 bits per heavy atom. The molecule has 170 valence electrons. The van der Waals surface area contributed by atoms with Crippen LogP contribution in [0, 0.1) is 12.8 Å². The number of nitrogens with one attached hydrogen (secondary N) is 3. The summed E-state index contributed by atoms with van der Waals surface area (Å²) in [6.45, 7) is 10.2. The number of benzene rings is 1. The van der Waals surface area contributed by atoms with E-state index < -0.39 is 11.7 Å². The predicted octanol–water partition coefficient (Wildman–Crippen LogP) is 3.77. The number of ether oxygens (including phenoxy) is 2. The Morgan fingerprint density at radius 2 is 1.83 bits per heavy atom. The third-order valence-corrected chi connectivity index (χ3v) is 4.69. The number of hydrogen-bond donors (Lipinski definition) is 3. The first-order valence-electron chi connectivity index (χ1n) is 10.4. The van der Waals surface area contributed by atoms with Gasteiger partial charge in [0.05, 0.1) is 6.10 Å². The lowest BCUT2D eigenvalue weighted by atomic mass is 9.89. The number of nitrogens with zero attached hydrogens (tertiary/aromatic N) is 1. The highest BCUT2D eigenvalue weighted by Crippen LogP contribution is 2.33. The molecule has 3 N–H and O–H groups in total. The molecule has 0 radical (unpaired) electrons. The van der Waals surface area contributed by atoms with Gasteiger partial charge < -0.3 is 25.4 Å². The van der Waals surface area contributed by atoms with Crippen molar-refractivity contribution in [2.75, 3.05) is 33.3 Å². The van der Waals surface area contributed by atoms with Crippen LogP contribution in [0.5, 0.6) is 0 Å². The third-order valence-electron chi connectivity index (χ3n) is 4.69. The molecule has 1 aromatic carbocycles. The number of rotatable bonds is 6. The average Bonchev–Trinajstić information content (AvgIpc) is 2.67. The van der Waals surface area contributed by atoms with Crippen molar-refractivity contribution in [1.29, 1.82) is 0 Å². The summed E-state index contributed by atoms with van der Waals surface area (Å²) >= 11 is 0. The smallest absolute Gasteiger partial charge is 0.407 e. The summed E-state index contributed by atoms with van der Waals surface area (Å²) < 4.78 is 11.3. The van der Waals surface area contributed by atoms with E-state index >= 15 is 0 Å². The van der Waals surface area contributed by atoms with Crippen LogP contribution in [0.3, 0.4) is 0 Å². The van der Waals surface area contributed by atoms with E-state index in [1.165, 1.54) is 11.1 Å². The molecule has 1 aliphatic heterocycles. The number of aliphatic imine (C=N–C) groups is 1. The van der Waals surface area contributed by atoms with Crippen LogP contribution in [0.25, 0.3) is 0 Å². The number of hydrogen-bond acceptors (Lipinski definition) is 4. The fourth-order valence-electron chi connectivity index (χ4n) is 3.28. The molecule has 1 aliphatic rings. The van der Waals surface area contributed by atoms with E-state index in [0.29, 0.717) is 25.0 Å². The molecule has 30 heavy (non-hydrogen) atoms. The molecule has 0 aromatic heterocycles. The Labute approximate surface area is 197 Å². The van der Waals surface area contributed by atoms with Gasteiger partial charge in [-0.3, -0.25) is 4.99 Å².